The first kappa shape index (κ1) is 30.8. The molecule has 0 aromatic heterocycles. The highest BCUT2D eigenvalue weighted by molar-refractivity contribution is 7.92. The van der Waals surface area contributed by atoms with E-state index in [-0.39, 0.29) is 23.0 Å². The second-order valence-corrected chi connectivity index (χ2v) is 12.8. The van der Waals surface area contributed by atoms with E-state index in [4.69, 9.17) is 0 Å². The maximum Gasteiger partial charge on any atom is 0.264 e. The number of halogens is 1. The van der Waals surface area contributed by atoms with Crippen molar-refractivity contribution >= 4 is 27.5 Å². The first-order chi connectivity index (χ1) is 18.7. The Morgan fingerprint density at radius 1 is 0.925 bits per heavy atom. The van der Waals surface area contributed by atoms with Gasteiger partial charge in [-0.25, -0.2) is 12.8 Å². The molecule has 0 aliphatic rings. The van der Waals surface area contributed by atoms with Crippen LogP contribution < -0.4 is 9.62 Å². The maximum absolute atomic E-state index is 14.1. The molecule has 0 heterocycles. The predicted molar refractivity (Wildman–Crippen MR) is 156 cm³/mol. The second kappa shape index (κ2) is 12.6. The molecule has 0 bridgehead atoms. The van der Waals surface area contributed by atoms with E-state index in [1.807, 2.05) is 65.8 Å². The summed E-state index contributed by atoms with van der Waals surface area (Å²) >= 11 is 0. The smallest absolute Gasteiger partial charge is 0.264 e. The molecule has 0 radical (unpaired) electrons. The minimum absolute atomic E-state index is 0.00167. The van der Waals surface area contributed by atoms with E-state index in [0.29, 0.717) is 6.42 Å². The SMILES string of the molecule is CCC(C(=O)NC(C)(C)C)N(Cc1ccccc1C)C(=O)CN(c1ccc(F)cc1)S(=O)(=O)c1ccc(C)cc1. The van der Waals surface area contributed by atoms with Gasteiger partial charge in [-0.15, -0.1) is 0 Å². The number of benzene rings is 3. The third-order valence-corrected chi connectivity index (χ3v) is 8.28. The van der Waals surface area contributed by atoms with E-state index >= 15 is 0 Å². The summed E-state index contributed by atoms with van der Waals surface area (Å²) in [6, 6.07) is 17.9. The maximum atomic E-state index is 14.1. The van der Waals surface area contributed by atoms with Gasteiger partial charge in [-0.1, -0.05) is 48.9 Å². The molecule has 0 saturated heterocycles. The third kappa shape index (κ3) is 7.69. The summed E-state index contributed by atoms with van der Waals surface area (Å²) in [5, 5.41) is 2.95. The first-order valence-electron chi connectivity index (χ1n) is 13.2. The van der Waals surface area contributed by atoms with Crippen LogP contribution in [-0.2, 0) is 26.2 Å². The van der Waals surface area contributed by atoms with Crippen molar-refractivity contribution in [1.82, 2.24) is 10.2 Å². The van der Waals surface area contributed by atoms with Crippen LogP contribution in [0.3, 0.4) is 0 Å². The molecule has 2 amide bonds. The number of amides is 2. The predicted octanol–water partition coefficient (Wildman–Crippen LogP) is 5.36. The summed E-state index contributed by atoms with van der Waals surface area (Å²) in [5.74, 6) is -1.42. The molecular weight excluding hydrogens is 529 g/mol. The number of sulfonamides is 1. The van der Waals surface area contributed by atoms with Crippen LogP contribution in [0.15, 0.2) is 77.7 Å². The van der Waals surface area contributed by atoms with E-state index in [1.165, 1.54) is 29.2 Å². The Morgan fingerprint density at radius 3 is 2.08 bits per heavy atom. The van der Waals surface area contributed by atoms with Crippen molar-refractivity contribution in [2.24, 2.45) is 0 Å². The molecule has 0 aliphatic heterocycles. The van der Waals surface area contributed by atoms with E-state index in [2.05, 4.69) is 5.32 Å². The number of aryl methyl sites for hydroxylation is 2. The summed E-state index contributed by atoms with van der Waals surface area (Å²) in [4.78, 5) is 28.9. The van der Waals surface area contributed by atoms with Crippen LogP contribution in [0.1, 0.15) is 50.8 Å². The van der Waals surface area contributed by atoms with Crippen LogP contribution in [0.4, 0.5) is 10.1 Å². The molecule has 0 spiro atoms. The number of nitrogens with one attached hydrogen (secondary N) is 1. The number of carbonyl (C=O) groups excluding carboxylic acids is 2. The molecular formula is C31H38FN3O4S. The van der Waals surface area contributed by atoms with Crippen molar-refractivity contribution < 1.29 is 22.4 Å². The summed E-state index contributed by atoms with van der Waals surface area (Å²) in [6.45, 7) is 10.7. The van der Waals surface area contributed by atoms with Crippen LogP contribution in [0.2, 0.25) is 0 Å². The van der Waals surface area contributed by atoms with E-state index in [1.54, 1.807) is 12.1 Å². The van der Waals surface area contributed by atoms with Crippen molar-refractivity contribution in [3.05, 3.63) is 95.3 Å². The van der Waals surface area contributed by atoms with E-state index in [0.717, 1.165) is 33.1 Å². The molecule has 7 nitrogen and oxygen atoms in total. The normalized spacial score (nSPS) is 12.5. The van der Waals surface area contributed by atoms with E-state index < -0.39 is 39.9 Å². The van der Waals surface area contributed by atoms with Gasteiger partial charge >= 0.3 is 0 Å². The topological polar surface area (TPSA) is 86.8 Å². The molecule has 3 aromatic rings. The van der Waals surface area contributed by atoms with Gasteiger partial charge in [0.2, 0.25) is 11.8 Å². The third-order valence-electron chi connectivity index (χ3n) is 6.49. The summed E-state index contributed by atoms with van der Waals surface area (Å²) in [6.07, 6.45) is 0.320. The lowest BCUT2D eigenvalue weighted by molar-refractivity contribution is -0.141. The Morgan fingerprint density at radius 2 is 1.52 bits per heavy atom. The van der Waals surface area contributed by atoms with Crippen LogP contribution in [-0.4, -0.2) is 43.3 Å². The minimum atomic E-state index is -4.21. The molecule has 3 rings (SSSR count). The molecule has 1 N–H and O–H groups in total. The Balaban J connectivity index is 2.08. The average molecular weight is 568 g/mol. The Bertz CT molecular complexity index is 1430. The van der Waals surface area contributed by atoms with Gasteiger partial charge in [-0.2, -0.15) is 0 Å². The minimum Gasteiger partial charge on any atom is -0.350 e. The zero-order chi connectivity index (χ0) is 29.7. The summed E-state index contributed by atoms with van der Waals surface area (Å²) in [7, 11) is -4.21. The van der Waals surface area contributed by atoms with Crippen molar-refractivity contribution in [3.8, 4) is 0 Å². The molecule has 3 aromatic carbocycles. The molecule has 9 heteroatoms. The number of rotatable bonds is 10. The summed E-state index contributed by atoms with van der Waals surface area (Å²) in [5.41, 5.74) is 2.26. The lowest BCUT2D eigenvalue weighted by Crippen LogP contribution is -2.55. The summed E-state index contributed by atoms with van der Waals surface area (Å²) < 4.78 is 42.4. The van der Waals surface area contributed by atoms with Crippen molar-refractivity contribution in [2.75, 3.05) is 10.8 Å². The van der Waals surface area contributed by atoms with E-state index in [9.17, 15) is 22.4 Å². The zero-order valence-electron chi connectivity index (χ0n) is 23.9. The molecule has 0 aliphatic carbocycles. The highest BCUT2D eigenvalue weighted by Crippen LogP contribution is 2.26. The molecule has 40 heavy (non-hydrogen) atoms. The van der Waals surface area contributed by atoms with Gasteiger partial charge in [-0.05, 0) is 88.6 Å². The Kier molecular flexibility index (Phi) is 9.73. The van der Waals surface area contributed by atoms with Gasteiger partial charge in [0, 0.05) is 12.1 Å². The van der Waals surface area contributed by atoms with Crippen LogP contribution in [0.5, 0.6) is 0 Å². The highest BCUT2D eigenvalue weighted by Gasteiger charge is 2.34. The van der Waals surface area contributed by atoms with Gasteiger partial charge in [0.25, 0.3) is 10.0 Å². The molecule has 1 atom stereocenters. The Hall–Kier alpha value is -3.72. The lowest BCUT2D eigenvalue weighted by atomic mass is 10.0. The molecule has 0 saturated carbocycles. The zero-order valence-corrected chi connectivity index (χ0v) is 24.8. The fraction of sp³-hybridized carbons (Fsp3) is 0.355. The number of anilines is 1. The number of nitrogens with zero attached hydrogens (tertiary/aromatic N) is 2. The lowest BCUT2D eigenvalue weighted by Gasteiger charge is -2.35. The quantitative estimate of drug-likeness (QED) is 0.357. The van der Waals surface area contributed by atoms with Crippen LogP contribution in [0, 0.1) is 19.7 Å². The Labute approximate surface area is 237 Å². The van der Waals surface area contributed by atoms with Crippen molar-refractivity contribution in [3.63, 3.8) is 0 Å². The van der Waals surface area contributed by atoms with Gasteiger partial charge in [0.05, 0.1) is 10.6 Å². The van der Waals surface area contributed by atoms with Gasteiger partial charge in [-0.3, -0.25) is 13.9 Å². The van der Waals surface area contributed by atoms with Crippen molar-refractivity contribution in [1.29, 1.82) is 0 Å². The van der Waals surface area contributed by atoms with Gasteiger partial charge in [0.1, 0.15) is 18.4 Å². The number of carbonyl (C=O) groups is 2. The average Bonchev–Trinajstić information content (AvgIpc) is 2.88. The second-order valence-electron chi connectivity index (χ2n) is 10.9. The van der Waals surface area contributed by atoms with Crippen molar-refractivity contribution in [2.45, 2.75) is 71.0 Å². The molecule has 214 valence electrons. The fourth-order valence-electron chi connectivity index (χ4n) is 4.32. The van der Waals surface area contributed by atoms with Crippen LogP contribution in [0.25, 0.3) is 0 Å². The first-order valence-corrected chi connectivity index (χ1v) is 14.7. The fourth-order valence-corrected chi connectivity index (χ4v) is 5.73. The number of hydrogen-bond donors (Lipinski definition) is 1. The van der Waals surface area contributed by atoms with Gasteiger partial charge < -0.3 is 10.2 Å². The monoisotopic (exact) mass is 567 g/mol. The number of hydrogen-bond acceptors (Lipinski definition) is 4. The molecule has 0 fully saturated rings. The van der Waals surface area contributed by atoms with Gasteiger partial charge in [0.15, 0.2) is 0 Å². The van der Waals surface area contributed by atoms with Crippen LogP contribution >= 0.6 is 0 Å². The largest absolute Gasteiger partial charge is 0.350 e. The highest BCUT2D eigenvalue weighted by atomic mass is 32.2. The standard InChI is InChI=1S/C31H38FN3O4S/c1-7-28(30(37)33-31(4,5)6)34(20-24-11-9-8-10-23(24)3)29(36)21-35(26-16-14-25(32)15-17-26)40(38,39)27-18-12-22(2)13-19-27/h8-19,28H,7,20-21H2,1-6H3,(H,33,37). The molecule has 1 unspecified atom stereocenters.